The van der Waals surface area contributed by atoms with E-state index in [4.69, 9.17) is 20.9 Å². The van der Waals surface area contributed by atoms with Crippen LogP contribution in [0.5, 0.6) is 0 Å². The maximum atomic E-state index is 14.9. The topological polar surface area (TPSA) is 47.6 Å². The highest BCUT2D eigenvalue weighted by atomic mass is 35.5. The summed E-state index contributed by atoms with van der Waals surface area (Å²) in [5.74, 6) is -0.524. The molecule has 1 saturated heterocycles. The van der Waals surface area contributed by atoms with E-state index in [0.717, 1.165) is 0 Å². The van der Waals surface area contributed by atoms with Gasteiger partial charge in [0.2, 0.25) is 0 Å². The minimum atomic E-state index is -1.20. The van der Waals surface area contributed by atoms with Gasteiger partial charge in [-0.15, -0.1) is 0 Å². The van der Waals surface area contributed by atoms with Gasteiger partial charge in [0, 0.05) is 10.6 Å². The van der Waals surface area contributed by atoms with Gasteiger partial charge in [-0.3, -0.25) is 4.79 Å². The van der Waals surface area contributed by atoms with E-state index >= 15 is 0 Å². The molecular weight excluding hydrogens is 307 g/mol. The van der Waals surface area contributed by atoms with Gasteiger partial charge in [-0.1, -0.05) is 17.7 Å². The second kappa shape index (κ2) is 4.81. The van der Waals surface area contributed by atoms with E-state index in [1.807, 2.05) is 27.7 Å². The first-order chi connectivity index (χ1) is 10.1. The molecule has 0 spiro atoms. The maximum Gasteiger partial charge on any atom is 0.526 e. The smallest absolute Gasteiger partial charge is 0.398 e. The third-order valence-electron chi connectivity index (χ3n) is 4.43. The second-order valence-corrected chi connectivity index (χ2v) is 6.89. The highest BCUT2D eigenvalue weighted by Crippen LogP contribution is 2.42. The molecule has 22 heavy (non-hydrogen) atoms. The van der Waals surface area contributed by atoms with E-state index < -0.39 is 30.0 Å². The molecule has 4 nitrogen and oxygen atoms in total. The Bertz CT molecular complexity index is 686. The van der Waals surface area contributed by atoms with Crippen LogP contribution in [0.1, 0.15) is 33.3 Å². The lowest BCUT2D eigenvalue weighted by atomic mass is 9.83. The Morgan fingerprint density at radius 3 is 2.41 bits per heavy atom. The van der Waals surface area contributed by atoms with Crippen molar-refractivity contribution in [3.05, 3.63) is 34.5 Å². The number of nitrogens with one attached hydrogen (secondary N) is 1. The summed E-state index contributed by atoms with van der Waals surface area (Å²) < 4.78 is 26.2. The molecule has 0 radical (unpaired) electrons. The van der Waals surface area contributed by atoms with Crippen LogP contribution < -0.4 is 5.32 Å². The summed E-state index contributed by atoms with van der Waals surface area (Å²) in [4.78, 5) is 12.1. The third kappa shape index (κ3) is 2.26. The first kappa shape index (κ1) is 15.5. The molecule has 0 aromatic heterocycles. The van der Waals surface area contributed by atoms with Crippen molar-refractivity contribution in [1.82, 2.24) is 0 Å². The summed E-state index contributed by atoms with van der Waals surface area (Å²) in [5.41, 5.74) is -1.19. The van der Waals surface area contributed by atoms with Crippen molar-refractivity contribution in [3.8, 4) is 0 Å². The van der Waals surface area contributed by atoms with Gasteiger partial charge in [0.05, 0.1) is 22.5 Å². The van der Waals surface area contributed by atoms with Gasteiger partial charge >= 0.3 is 7.12 Å². The molecule has 0 atom stereocenters. The quantitative estimate of drug-likeness (QED) is 0.634. The number of hydrogen-bond acceptors (Lipinski definition) is 3. The van der Waals surface area contributed by atoms with E-state index in [1.165, 1.54) is 0 Å². The van der Waals surface area contributed by atoms with Gasteiger partial charge in [0.1, 0.15) is 5.73 Å². The Labute approximate surface area is 133 Å². The van der Waals surface area contributed by atoms with Crippen molar-refractivity contribution in [1.29, 1.82) is 0 Å². The highest BCUT2D eigenvalue weighted by Gasteiger charge is 2.54. The number of halogens is 2. The Hall–Kier alpha value is -1.37. The zero-order valence-electron chi connectivity index (χ0n) is 12.8. The Kier molecular flexibility index (Phi) is 3.40. The molecule has 2 aliphatic rings. The maximum absolute atomic E-state index is 14.9. The van der Waals surface area contributed by atoms with E-state index in [2.05, 4.69) is 5.32 Å². The van der Waals surface area contributed by atoms with Crippen molar-refractivity contribution in [2.45, 2.75) is 38.9 Å². The molecule has 0 aliphatic carbocycles. The predicted octanol–water partition coefficient (Wildman–Crippen LogP) is 3.60. The number of fused-ring (bicyclic) bond motifs is 1. The van der Waals surface area contributed by atoms with Gasteiger partial charge in [0.15, 0.2) is 0 Å². The fraction of sp³-hybridized carbons (Fsp3) is 0.400. The minimum Gasteiger partial charge on any atom is -0.398 e. The van der Waals surface area contributed by atoms with Crippen LogP contribution in [0.15, 0.2) is 23.9 Å². The lowest BCUT2D eigenvalue weighted by Crippen LogP contribution is -2.41. The number of benzene rings is 1. The van der Waals surface area contributed by atoms with Gasteiger partial charge in [-0.25, -0.2) is 4.39 Å². The van der Waals surface area contributed by atoms with Crippen molar-refractivity contribution in [3.63, 3.8) is 0 Å². The molecule has 0 saturated carbocycles. The molecule has 3 rings (SSSR count). The largest absolute Gasteiger partial charge is 0.526 e. The number of carbonyl (C=O) groups excluding carboxylic acids is 1. The van der Waals surface area contributed by atoms with E-state index in [0.29, 0.717) is 16.3 Å². The molecule has 0 bridgehead atoms. The van der Waals surface area contributed by atoms with E-state index in [1.54, 1.807) is 18.2 Å². The number of anilines is 1. The average Bonchev–Trinajstić information content (AvgIpc) is 2.81. The molecule has 1 N–H and O–H groups in total. The molecule has 1 fully saturated rings. The molecule has 1 amide bonds. The van der Waals surface area contributed by atoms with Crippen LogP contribution in [-0.2, 0) is 14.1 Å². The Morgan fingerprint density at radius 2 is 1.82 bits per heavy atom. The first-order valence-electron chi connectivity index (χ1n) is 6.99. The summed E-state index contributed by atoms with van der Waals surface area (Å²) in [7, 11) is -1.20. The van der Waals surface area contributed by atoms with Gasteiger partial charge in [0.25, 0.3) is 5.91 Å². The van der Waals surface area contributed by atoms with Crippen molar-refractivity contribution >= 4 is 35.9 Å². The summed E-state index contributed by atoms with van der Waals surface area (Å²) in [6.07, 6.45) is 0. The number of hydrogen-bond donors (Lipinski definition) is 1. The Balaban J connectivity index is 2.03. The molecular formula is C15H16BClFNO3. The van der Waals surface area contributed by atoms with Gasteiger partial charge in [-0.05, 0) is 39.8 Å². The van der Waals surface area contributed by atoms with Gasteiger partial charge < -0.3 is 14.6 Å². The van der Waals surface area contributed by atoms with Crippen LogP contribution in [-0.4, -0.2) is 24.2 Å². The van der Waals surface area contributed by atoms with Gasteiger partial charge in [-0.2, -0.15) is 0 Å². The van der Waals surface area contributed by atoms with Crippen molar-refractivity contribution in [2.24, 2.45) is 0 Å². The molecule has 2 heterocycles. The SMILES string of the molecule is CC1(C)OB(C(F)=C2C(=O)Nc3cc(Cl)ccc32)OC1(C)C. The lowest BCUT2D eigenvalue weighted by molar-refractivity contribution is -0.110. The molecule has 1 aromatic carbocycles. The number of amides is 1. The molecule has 2 aliphatic heterocycles. The normalized spacial score (nSPS) is 24.3. The van der Waals surface area contributed by atoms with Crippen LogP contribution in [0.25, 0.3) is 5.57 Å². The fourth-order valence-corrected chi connectivity index (χ4v) is 2.62. The summed E-state index contributed by atoms with van der Waals surface area (Å²) in [6, 6.07) is 4.80. The summed E-state index contributed by atoms with van der Waals surface area (Å²) in [6.45, 7) is 7.31. The standard InChI is InChI=1S/C15H16BClFNO3/c1-14(2)15(3,4)22-16(21-14)12(18)11-9-6-5-8(17)7-10(9)19-13(11)20/h5-7H,1-4H3,(H,19,20). The zero-order chi connectivity index (χ0) is 16.3. The predicted molar refractivity (Wildman–Crippen MR) is 84.2 cm³/mol. The lowest BCUT2D eigenvalue weighted by Gasteiger charge is -2.32. The fourth-order valence-electron chi connectivity index (χ4n) is 2.45. The molecule has 116 valence electrons. The van der Waals surface area contributed by atoms with Crippen LogP contribution in [0.3, 0.4) is 0 Å². The van der Waals surface area contributed by atoms with Crippen LogP contribution in [0.4, 0.5) is 10.1 Å². The van der Waals surface area contributed by atoms with Crippen LogP contribution >= 0.6 is 11.6 Å². The van der Waals surface area contributed by atoms with Crippen LogP contribution in [0.2, 0.25) is 5.02 Å². The molecule has 7 heteroatoms. The average molecular weight is 324 g/mol. The first-order valence-corrected chi connectivity index (χ1v) is 7.37. The monoisotopic (exact) mass is 323 g/mol. The zero-order valence-corrected chi connectivity index (χ0v) is 13.5. The molecule has 0 unspecified atom stereocenters. The number of rotatable bonds is 1. The highest BCUT2D eigenvalue weighted by molar-refractivity contribution is 6.58. The second-order valence-electron chi connectivity index (χ2n) is 6.46. The van der Waals surface area contributed by atoms with E-state index in [9.17, 15) is 9.18 Å². The summed E-state index contributed by atoms with van der Waals surface area (Å²) >= 11 is 5.89. The minimum absolute atomic E-state index is 0.0647. The van der Waals surface area contributed by atoms with Crippen molar-refractivity contribution < 1.29 is 18.5 Å². The number of carbonyl (C=O) groups is 1. The van der Waals surface area contributed by atoms with E-state index in [-0.39, 0.29) is 5.57 Å². The third-order valence-corrected chi connectivity index (χ3v) is 4.66. The van der Waals surface area contributed by atoms with Crippen molar-refractivity contribution in [2.75, 3.05) is 5.32 Å². The molecule has 1 aromatic rings. The summed E-state index contributed by atoms with van der Waals surface area (Å²) in [5, 5.41) is 3.07. The Morgan fingerprint density at radius 1 is 1.23 bits per heavy atom. The van der Waals surface area contributed by atoms with Crippen LogP contribution in [0, 0.1) is 0 Å².